The van der Waals surface area contributed by atoms with Gasteiger partial charge in [0.25, 0.3) is 0 Å². The molecule has 0 saturated carbocycles. The lowest BCUT2D eigenvalue weighted by Crippen LogP contribution is -2.51. The minimum absolute atomic E-state index is 0.0186. The van der Waals surface area contributed by atoms with Crippen molar-refractivity contribution in [2.75, 3.05) is 76.9 Å². The van der Waals surface area contributed by atoms with Crippen LogP contribution in [0.1, 0.15) is 11.6 Å². The molecule has 3 rings (SSSR count). The third-order valence-corrected chi connectivity index (χ3v) is 5.92. The summed E-state index contributed by atoms with van der Waals surface area (Å²) in [6.07, 6.45) is 0. The van der Waals surface area contributed by atoms with Crippen LogP contribution in [0.4, 0.5) is 11.4 Å². The summed E-state index contributed by atoms with van der Waals surface area (Å²) < 4.78 is 4.91. The molecule has 0 aliphatic carbocycles. The van der Waals surface area contributed by atoms with Crippen LogP contribution in [0.5, 0.6) is 0 Å². The molecule has 0 spiro atoms. The van der Waals surface area contributed by atoms with Crippen LogP contribution in [-0.4, -0.2) is 83.8 Å². The van der Waals surface area contributed by atoms with Crippen molar-refractivity contribution in [1.29, 1.82) is 0 Å². The Bertz CT molecular complexity index is 881. The predicted molar refractivity (Wildman–Crippen MR) is 132 cm³/mol. The second kappa shape index (κ2) is 12.2. The van der Waals surface area contributed by atoms with E-state index in [2.05, 4.69) is 73.9 Å². The van der Waals surface area contributed by atoms with Crippen LogP contribution in [0.15, 0.2) is 54.6 Å². The van der Waals surface area contributed by atoms with Crippen molar-refractivity contribution in [3.8, 4) is 0 Å². The average molecular weight is 454 g/mol. The Hall–Kier alpha value is -3.10. The van der Waals surface area contributed by atoms with Gasteiger partial charge in [-0.3, -0.25) is 14.5 Å². The zero-order valence-corrected chi connectivity index (χ0v) is 19.8. The third-order valence-electron chi connectivity index (χ3n) is 5.92. The van der Waals surface area contributed by atoms with Gasteiger partial charge in [-0.25, -0.2) is 0 Å². The van der Waals surface area contributed by atoms with Gasteiger partial charge in [-0.05, 0) is 29.8 Å². The van der Waals surface area contributed by atoms with Gasteiger partial charge in [-0.1, -0.05) is 30.3 Å². The Morgan fingerprint density at radius 1 is 0.939 bits per heavy atom. The first kappa shape index (κ1) is 24.5. The van der Waals surface area contributed by atoms with E-state index < -0.39 is 11.8 Å². The van der Waals surface area contributed by atoms with Gasteiger partial charge < -0.3 is 25.2 Å². The summed E-state index contributed by atoms with van der Waals surface area (Å²) in [4.78, 5) is 31.2. The van der Waals surface area contributed by atoms with Crippen molar-refractivity contribution >= 4 is 23.2 Å². The molecule has 2 N–H and O–H groups in total. The Morgan fingerprint density at radius 2 is 1.58 bits per heavy atom. The molecular weight excluding hydrogens is 418 g/mol. The molecule has 2 amide bonds. The maximum Gasteiger partial charge on any atom is 0.309 e. The second-order valence-corrected chi connectivity index (χ2v) is 8.32. The van der Waals surface area contributed by atoms with E-state index in [4.69, 9.17) is 4.74 Å². The van der Waals surface area contributed by atoms with Crippen LogP contribution in [-0.2, 0) is 14.3 Å². The van der Waals surface area contributed by atoms with Crippen molar-refractivity contribution in [1.82, 2.24) is 15.5 Å². The maximum absolute atomic E-state index is 12.3. The number of amides is 2. The fraction of sp³-hybridized carbons (Fsp3) is 0.440. The number of hydrogen-bond acceptors (Lipinski definition) is 6. The zero-order valence-electron chi connectivity index (χ0n) is 19.8. The molecule has 1 saturated heterocycles. The lowest BCUT2D eigenvalue weighted by Gasteiger charge is -2.40. The maximum atomic E-state index is 12.3. The fourth-order valence-electron chi connectivity index (χ4n) is 4.00. The summed E-state index contributed by atoms with van der Waals surface area (Å²) in [6.45, 7) is 4.58. The molecule has 1 aliphatic heterocycles. The largest absolute Gasteiger partial charge is 0.383 e. The number of rotatable bonds is 9. The Balaban J connectivity index is 1.67. The number of piperazine rings is 1. The smallest absolute Gasteiger partial charge is 0.309 e. The number of nitrogens with one attached hydrogen (secondary N) is 2. The van der Waals surface area contributed by atoms with E-state index in [9.17, 15) is 9.59 Å². The lowest BCUT2D eigenvalue weighted by molar-refractivity contribution is -0.139. The molecule has 0 aromatic heterocycles. The van der Waals surface area contributed by atoms with E-state index in [1.807, 2.05) is 20.2 Å². The highest BCUT2D eigenvalue weighted by Gasteiger charge is 2.26. The molecule has 0 radical (unpaired) electrons. The summed E-state index contributed by atoms with van der Waals surface area (Å²) in [5.41, 5.74) is 3.46. The lowest BCUT2D eigenvalue weighted by atomic mass is 10.0. The van der Waals surface area contributed by atoms with E-state index in [1.165, 1.54) is 5.69 Å². The Kier molecular flexibility index (Phi) is 9.09. The third kappa shape index (κ3) is 6.94. The molecule has 2 aromatic carbocycles. The van der Waals surface area contributed by atoms with E-state index in [0.29, 0.717) is 19.7 Å². The SMILES string of the molecule is COCCNC(=O)C(=O)NCC(c1ccc(N(C)C)cc1)N1CCN(c2ccccc2)CC1. The molecule has 2 aromatic rings. The van der Waals surface area contributed by atoms with Crippen molar-refractivity contribution < 1.29 is 14.3 Å². The van der Waals surface area contributed by atoms with Crippen LogP contribution in [0.25, 0.3) is 0 Å². The van der Waals surface area contributed by atoms with Crippen LogP contribution >= 0.6 is 0 Å². The molecule has 1 fully saturated rings. The number of nitrogens with zero attached hydrogens (tertiary/aromatic N) is 3. The van der Waals surface area contributed by atoms with Crippen molar-refractivity contribution in [2.24, 2.45) is 0 Å². The fourth-order valence-corrected chi connectivity index (χ4v) is 4.00. The van der Waals surface area contributed by atoms with Gasteiger partial charge in [0.05, 0.1) is 12.6 Å². The van der Waals surface area contributed by atoms with Gasteiger partial charge in [0.1, 0.15) is 0 Å². The number of benzene rings is 2. The first-order chi connectivity index (χ1) is 16.0. The molecule has 0 bridgehead atoms. The van der Waals surface area contributed by atoms with Crippen molar-refractivity contribution in [3.63, 3.8) is 0 Å². The molecule has 1 heterocycles. The standard InChI is InChI=1S/C25H35N5O3/c1-28(2)21-11-9-20(10-12-21)23(19-27-25(32)24(31)26-13-18-33-3)30-16-14-29(15-17-30)22-7-5-4-6-8-22/h4-12,23H,13-19H2,1-3H3,(H,26,31)(H,27,32). The zero-order chi connectivity index (χ0) is 23.6. The number of anilines is 2. The van der Waals surface area contributed by atoms with E-state index in [-0.39, 0.29) is 6.04 Å². The van der Waals surface area contributed by atoms with Gasteiger partial charge in [0.2, 0.25) is 0 Å². The molecule has 1 atom stereocenters. The summed E-state index contributed by atoms with van der Waals surface area (Å²) in [6, 6.07) is 18.8. The van der Waals surface area contributed by atoms with Gasteiger partial charge in [0, 0.05) is 71.8 Å². The highest BCUT2D eigenvalue weighted by molar-refractivity contribution is 6.35. The summed E-state index contributed by atoms with van der Waals surface area (Å²) in [5, 5.41) is 5.40. The van der Waals surface area contributed by atoms with Crippen LogP contribution in [0, 0.1) is 0 Å². The van der Waals surface area contributed by atoms with Crippen LogP contribution in [0.3, 0.4) is 0 Å². The molecule has 1 unspecified atom stereocenters. The molecule has 33 heavy (non-hydrogen) atoms. The van der Waals surface area contributed by atoms with Crippen LogP contribution < -0.4 is 20.4 Å². The molecule has 1 aliphatic rings. The van der Waals surface area contributed by atoms with Gasteiger partial charge >= 0.3 is 11.8 Å². The Labute approximate surface area is 196 Å². The quantitative estimate of drug-likeness (QED) is 0.443. The summed E-state index contributed by atoms with van der Waals surface area (Å²) in [5.74, 6) is -1.26. The highest BCUT2D eigenvalue weighted by atomic mass is 16.5. The normalized spacial score (nSPS) is 15.1. The van der Waals surface area contributed by atoms with E-state index in [0.717, 1.165) is 37.4 Å². The molecule has 8 heteroatoms. The highest BCUT2D eigenvalue weighted by Crippen LogP contribution is 2.25. The predicted octanol–water partition coefficient (Wildman–Crippen LogP) is 1.49. The minimum Gasteiger partial charge on any atom is -0.383 e. The number of methoxy groups -OCH3 is 1. The first-order valence-corrected chi connectivity index (χ1v) is 11.4. The van der Waals surface area contributed by atoms with E-state index >= 15 is 0 Å². The summed E-state index contributed by atoms with van der Waals surface area (Å²) >= 11 is 0. The average Bonchev–Trinajstić information content (AvgIpc) is 2.85. The second-order valence-electron chi connectivity index (χ2n) is 8.32. The molecule has 8 nitrogen and oxygen atoms in total. The Morgan fingerprint density at radius 3 is 2.18 bits per heavy atom. The minimum atomic E-state index is -0.636. The van der Waals surface area contributed by atoms with Gasteiger partial charge in [-0.15, -0.1) is 0 Å². The molecular formula is C25H35N5O3. The van der Waals surface area contributed by atoms with Crippen LogP contribution in [0.2, 0.25) is 0 Å². The monoisotopic (exact) mass is 453 g/mol. The van der Waals surface area contributed by atoms with E-state index in [1.54, 1.807) is 7.11 Å². The number of hydrogen-bond donors (Lipinski definition) is 2. The van der Waals surface area contributed by atoms with Gasteiger partial charge in [0.15, 0.2) is 0 Å². The number of ether oxygens (including phenoxy) is 1. The number of para-hydroxylation sites is 1. The van der Waals surface area contributed by atoms with Gasteiger partial charge in [-0.2, -0.15) is 0 Å². The number of carbonyl (C=O) groups is 2. The van der Waals surface area contributed by atoms with Crippen molar-refractivity contribution in [3.05, 3.63) is 60.2 Å². The molecule has 178 valence electrons. The number of carbonyl (C=O) groups excluding carboxylic acids is 2. The summed E-state index contributed by atoms with van der Waals surface area (Å²) in [7, 11) is 5.57. The first-order valence-electron chi connectivity index (χ1n) is 11.4. The topological polar surface area (TPSA) is 77.1 Å². The van der Waals surface area contributed by atoms with Crippen molar-refractivity contribution in [2.45, 2.75) is 6.04 Å².